The number of amides is 2. The van der Waals surface area contributed by atoms with E-state index in [0.717, 1.165) is 0 Å². The molecule has 0 aromatic carbocycles. The molecule has 0 atom stereocenters. The first-order chi connectivity index (χ1) is 12.5. The molecule has 1 fully saturated rings. The number of pyridine rings is 1. The number of rotatable bonds is 5. The summed E-state index contributed by atoms with van der Waals surface area (Å²) in [6.45, 7) is 0. The average molecular weight is 366 g/mol. The molecule has 1 aromatic rings. The van der Waals surface area contributed by atoms with Crippen LogP contribution < -0.4 is 26.1 Å². The fourth-order valence-corrected chi connectivity index (χ4v) is 2.73. The summed E-state index contributed by atoms with van der Waals surface area (Å²) in [4.78, 5) is 38.4. The Labute approximate surface area is 150 Å². The fraction of sp³-hybridized carbons (Fsp3) is 0.500. The van der Waals surface area contributed by atoms with Crippen molar-refractivity contribution < 1.29 is 28.6 Å². The Kier molecular flexibility index (Phi) is 6.73. The summed E-state index contributed by atoms with van der Waals surface area (Å²) in [7, 11) is 2.83. The summed E-state index contributed by atoms with van der Waals surface area (Å²) >= 11 is 0. The normalized spacial score (nSPS) is 19.2. The lowest BCUT2D eigenvalue weighted by Gasteiger charge is -2.27. The molecule has 10 heteroatoms. The molecule has 2 rings (SSSR count). The third-order valence-corrected chi connectivity index (χ3v) is 4.12. The molecule has 1 heterocycles. The van der Waals surface area contributed by atoms with Gasteiger partial charge in [-0.3, -0.25) is 19.8 Å². The minimum atomic E-state index is -0.980. The first-order valence-electron chi connectivity index (χ1n) is 8.09. The molecule has 1 saturated carbocycles. The number of nitrogens with two attached hydrogens (primary N) is 1. The minimum Gasteiger partial charge on any atom is -0.491 e. The lowest BCUT2D eigenvalue weighted by Crippen LogP contribution is -2.39. The zero-order valence-corrected chi connectivity index (χ0v) is 14.6. The van der Waals surface area contributed by atoms with Crippen LogP contribution in [0.25, 0.3) is 0 Å². The summed E-state index contributed by atoms with van der Waals surface area (Å²) in [6, 6.07) is 1.49. The molecule has 4 N–H and O–H groups in total. The van der Waals surface area contributed by atoms with Gasteiger partial charge in [0, 0.05) is 6.07 Å². The first kappa shape index (κ1) is 19.4. The van der Waals surface area contributed by atoms with Crippen LogP contribution in [0.5, 0.6) is 11.6 Å². The summed E-state index contributed by atoms with van der Waals surface area (Å²) < 4.78 is 15.9. The zero-order valence-electron chi connectivity index (χ0n) is 14.6. The fourth-order valence-electron chi connectivity index (χ4n) is 2.73. The predicted octanol–water partition coefficient (Wildman–Crippen LogP) is 0.129. The van der Waals surface area contributed by atoms with Gasteiger partial charge in [-0.15, -0.1) is 0 Å². The number of aromatic nitrogens is 1. The monoisotopic (exact) mass is 366 g/mol. The molecule has 10 nitrogen and oxygen atoms in total. The number of hydrazine groups is 1. The summed E-state index contributed by atoms with van der Waals surface area (Å²) in [5.41, 5.74) is 2.00. The van der Waals surface area contributed by atoms with Gasteiger partial charge in [0.2, 0.25) is 0 Å². The van der Waals surface area contributed by atoms with Crippen molar-refractivity contribution in [3.8, 4) is 11.6 Å². The summed E-state index contributed by atoms with van der Waals surface area (Å²) in [6.07, 6.45) is 4.00. The highest BCUT2D eigenvalue weighted by molar-refractivity contribution is 6.39. The molecule has 0 spiro atoms. The highest BCUT2D eigenvalue weighted by Crippen LogP contribution is 2.32. The number of anilines is 1. The van der Waals surface area contributed by atoms with Crippen molar-refractivity contribution in [2.24, 2.45) is 11.8 Å². The molecule has 142 valence electrons. The van der Waals surface area contributed by atoms with Gasteiger partial charge in [0.1, 0.15) is 6.10 Å². The number of carbonyl (C=O) groups is 3. The average Bonchev–Trinajstić information content (AvgIpc) is 2.68. The Morgan fingerprint density at radius 1 is 1.15 bits per heavy atom. The van der Waals surface area contributed by atoms with Crippen LogP contribution in [-0.2, 0) is 19.1 Å². The van der Waals surface area contributed by atoms with Gasteiger partial charge >= 0.3 is 17.8 Å². The molecular formula is C16H22N4O6. The topological polar surface area (TPSA) is 142 Å². The maximum atomic E-state index is 11.6. The molecular weight excluding hydrogens is 344 g/mol. The van der Waals surface area contributed by atoms with E-state index in [1.807, 2.05) is 0 Å². The van der Waals surface area contributed by atoms with E-state index in [1.165, 1.54) is 26.5 Å². The quantitative estimate of drug-likeness (QED) is 0.219. The van der Waals surface area contributed by atoms with Crippen LogP contribution in [0.4, 0.5) is 5.69 Å². The second-order valence-electron chi connectivity index (χ2n) is 5.77. The Bertz CT molecular complexity index is 673. The van der Waals surface area contributed by atoms with Crippen LogP contribution in [0.2, 0.25) is 0 Å². The van der Waals surface area contributed by atoms with Crippen LogP contribution in [0.1, 0.15) is 25.7 Å². The van der Waals surface area contributed by atoms with Crippen molar-refractivity contribution in [3.63, 3.8) is 0 Å². The minimum absolute atomic E-state index is 0.0963. The Balaban J connectivity index is 1.99. The van der Waals surface area contributed by atoms with Crippen LogP contribution in [0.3, 0.4) is 0 Å². The van der Waals surface area contributed by atoms with E-state index in [1.54, 1.807) is 5.43 Å². The van der Waals surface area contributed by atoms with Crippen molar-refractivity contribution >= 4 is 23.5 Å². The number of carbonyl (C=O) groups excluding carboxylic acids is 3. The molecule has 1 aromatic heterocycles. The zero-order chi connectivity index (χ0) is 19.1. The molecule has 0 saturated heterocycles. The maximum absolute atomic E-state index is 11.6. The van der Waals surface area contributed by atoms with Gasteiger partial charge in [0.25, 0.3) is 5.88 Å². The molecule has 2 amide bonds. The van der Waals surface area contributed by atoms with E-state index in [4.69, 9.17) is 20.1 Å². The number of esters is 1. The second-order valence-corrected chi connectivity index (χ2v) is 5.77. The van der Waals surface area contributed by atoms with Gasteiger partial charge < -0.3 is 19.5 Å². The Hall–Kier alpha value is -2.88. The standard InChI is InChI=1S/C16H22N4O6/c1-24-12-7-10(19-13(21)14(22)20-17)8-18-15(12)26-11-5-3-9(4-6-11)16(23)25-2/h7-9,11H,3-6,17H2,1-2H3,(H,19,21)(H,20,22). The van der Waals surface area contributed by atoms with E-state index >= 15 is 0 Å². The highest BCUT2D eigenvalue weighted by Gasteiger charge is 2.28. The van der Waals surface area contributed by atoms with Gasteiger partial charge in [0.15, 0.2) is 5.75 Å². The van der Waals surface area contributed by atoms with E-state index in [0.29, 0.717) is 31.4 Å². The van der Waals surface area contributed by atoms with Crippen LogP contribution in [0, 0.1) is 5.92 Å². The number of nitrogens with one attached hydrogen (secondary N) is 2. The van der Waals surface area contributed by atoms with E-state index in [2.05, 4.69) is 10.3 Å². The number of hydrogen-bond acceptors (Lipinski definition) is 8. The smallest absolute Gasteiger partial charge is 0.323 e. The molecule has 26 heavy (non-hydrogen) atoms. The lowest BCUT2D eigenvalue weighted by molar-refractivity contribution is -0.147. The van der Waals surface area contributed by atoms with Gasteiger partial charge in [-0.05, 0) is 25.7 Å². The van der Waals surface area contributed by atoms with E-state index in [9.17, 15) is 14.4 Å². The maximum Gasteiger partial charge on any atom is 0.323 e. The second kappa shape index (κ2) is 8.99. The van der Waals surface area contributed by atoms with E-state index in [-0.39, 0.29) is 29.6 Å². The SMILES string of the molecule is COC(=O)C1CCC(Oc2ncc(NC(=O)C(=O)NN)cc2OC)CC1. The largest absolute Gasteiger partial charge is 0.491 e. The van der Waals surface area contributed by atoms with E-state index < -0.39 is 11.8 Å². The Morgan fingerprint density at radius 2 is 1.85 bits per heavy atom. The Morgan fingerprint density at radius 3 is 2.42 bits per heavy atom. The van der Waals surface area contributed by atoms with Gasteiger partial charge in [-0.2, -0.15) is 0 Å². The number of methoxy groups -OCH3 is 2. The first-order valence-corrected chi connectivity index (χ1v) is 8.09. The van der Waals surface area contributed by atoms with Gasteiger partial charge in [0.05, 0.1) is 32.0 Å². The van der Waals surface area contributed by atoms with Gasteiger partial charge in [-0.1, -0.05) is 0 Å². The van der Waals surface area contributed by atoms with Gasteiger partial charge in [-0.25, -0.2) is 10.8 Å². The number of nitrogens with zero attached hydrogens (tertiary/aromatic N) is 1. The molecule has 0 unspecified atom stereocenters. The van der Waals surface area contributed by atoms with Crippen molar-refractivity contribution in [3.05, 3.63) is 12.3 Å². The molecule has 0 aliphatic heterocycles. The lowest BCUT2D eigenvalue weighted by atomic mass is 9.87. The molecule has 0 bridgehead atoms. The summed E-state index contributed by atoms with van der Waals surface area (Å²) in [5.74, 6) is 3.29. The van der Waals surface area contributed by atoms with Crippen molar-refractivity contribution in [2.75, 3.05) is 19.5 Å². The van der Waals surface area contributed by atoms with Crippen molar-refractivity contribution in [1.82, 2.24) is 10.4 Å². The third-order valence-electron chi connectivity index (χ3n) is 4.12. The van der Waals surface area contributed by atoms with Crippen molar-refractivity contribution in [1.29, 1.82) is 0 Å². The van der Waals surface area contributed by atoms with Crippen molar-refractivity contribution in [2.45, 2.75) is 31.8 Å². The molecule has 1 aliphatic rings. The predicted molar refractivity (Wildman–Crippen MR) is 90.1 cm³/mol. The van der Waals surface area contributed by atoms with Crippen LogP contribution in [0.15, 0.2) is 12.3 Å². The van der Waals surface area contributed by atoms with Crippen LogP contribution in [-0.4, -0.2) is 43.1 Å². The molecule has 1 aliphatic carbocycles. The summed E-state index contributed by atoms with van der Waals surface area (Å²) in [5, 5.41) is 2.34. The molecule has 0 radical (unpaired) electrons. The highest BCUT2D eigenvalue weighted by atomic mass is 16.5. The number of ether oxygens (including phenoxy) is 3. The van der Waals surface area contributed by atoms with Crippen LogP contribution >= 0.6 is 0 Å². The number of hydrogen-bond donors (Lipinski definition) is 3. The third kappa shape index (κ3) is 4.82.